The van der Waals surface area contributed by atoms with E-state index >= 15 is 0 Å². The Bertz CT molecular complexity index is 312. The zero-order valence-corrected chi connectivity index (χ0v) is 7.77. The molecule has 2 atom stereocenters. The summed E-state index contributed by atoms with van der Waals surface area (Å²) in [6.45, 7) is 2.83. The van der Waals surface area contributed by atoms with Gasteiger partial charge in [0.05, 0.1) is 19.4 Å². The minimum atomic E-state index is -0.950. The topological polar surface area (TPSA) is 60.2 Å². The lowest BCUT2D eigenvalue weighted by Crippen LogP contribution is -2.33. The lowest BCUT2D eigenvalue weighted by atomic mass is 9.90. The molecule has 1 fully saturated rings. The summed E-state index contributed by atoms with van der Waals surface area (Å²) in [6, 6.07) is 0. The van der Waals surface area contributed by atoms with Crippen LogP contribution in [0.2, 0.25) is 0 Å². The highest BCUT2D eigenvalue weighted by molar-refractivity contribution is 5.10. The van der Waals surface area contributed by atoms with Crippen LogP contribution in [0.4, 0.5) is 0 Å². The molecule has 0 saturated carbocycles. The van der Waals surface area contributed by atoms with Gasteiger partial charge in [-0.15, -0.1) is 5.10 Å². The van der Waals surface area contributed by atoms with Crippen molar-refractivity contribution in [3.05, 3.63) is 11.9 Å². The van der Waals surface area contributed by atoms with Crippen molar-refractivity contribution in [2.45, 2.75) is 12.5 Å². The van der Waals surface area contributed by atoms with Gasteiger partial charge in [-0.1, -0.05) is 12.1 Å². The predicted molar refractivity (Wildman–Crippen MR) is 44.9 cm³/mol. The quantitative estimate of drug-likeness (QED) is 0.647. The standard InChI is InChI=1S/C8H13N3O2/c1-6-4-13-5-8(6,12)7-3-11(2)10-9-7/h3,6,12H,4-5H2,1-2H3. The van der Waals surface area contributed by atoms with Gasteiger partial charge in [0.25, 0.3) is 0 Å². The average Bonchev–Trinajstić information content (AvgIpc) is 2.62. The van der Waals surface area contributed by atoms with Crippen LogP contribution in [0.1, 0.15) is 12.6 Å². The van der Waals surface area contributed by atoms with Gasteiger partial charge in [-0.2, -0.15) is 0 Å². The molecule has 5 heteroatoms. The normalized spacial score (nSPS) is 33.9. The summed E-state index contributed by atoms with van der Waals surface area (Å²) < 4.78 is 6.79. The van der Waals surface area contributed by atoms with Crippen LogP contribution >= 0.6 is 0 Å². The fourth-order valence-corrected chi connectivity index (χ4v) is 1.54. The summed E-state index contributed by atoms with van der Waals surface area (Å²) in [6.07, 6.45) is 1.73. The molecule has 72 valence electrons. The number of rotatable bonds is 1. The molecule has 5 nitrogen and oxygen atoms in total. The number of aryl methyl sites for hydroxylation is 1. The first-order valence-electron chi connectivity index (χ1n) is 4.30. The molecule has 2 unspecified atom stereocenters. The molecule has 0 bridgehead atoms. The molecule has 13 heavy (non-hydrogen) atoms. The molecule has 2 rings (SSSR count). The van der Waals surface area contributed by atoms with Crippen LogP contribution in [0.3, 0.4) is 0 Å². The van der Waals surface area contributed by atoms with Crippen molar-refractivity contribution in [2.75, 3.05) is 13.2 Å². The smallest absolute Gasteiger partial charge is 0.138 e. The number of aromatic nitrogens is 3. The van der Waals surface area contributed by atoms with Gasteiger partial charge < -0.3 is 9.84 Å². The van der Waals surface area contributed by atoms with Crippen molar-refractivity contribution >= 4 is 0 Å². The highest BCUT2D eigenvalue weighted by Crippen LogP contribution is 2.33. The Hall–Kier alpha value is -0.940. The van der Waals surface area contributed by atoms with E-state index in [0.717, 1.165) is 0 Å². The van der Waals surface area contributed by atoms with Gasteiger partial charge >= 0.3 is 0 Å². The van der Waals surface area contributed by atoms with Gasteiger partial charge in [-0.3, -0.25) is 4.68 Å². The van der Waals surface area contributed by atoms with E-state index in [1.807, 2.05) is 6.92 Å². The number of hydrogen-bond acceptors (Lipinski definition) is 4. The Morgan fingerprint density at radius 2 is 2.54 bits per heavy atom. The summed E-state index contributed by atoms with van der Waals surface area (Å²) in [7, 11) is 1.78. The number of hydrogen-bond donors (Lipinski definition) is 1. The van der Waals surface area contributed by atoms with Gasteiger partial charge in [0.15, 0.2) is 0 Å². The molecule has 0 amide bonds. The van der Waals surface area contributed by atoms with Gasteiger partial charge in [0.1, 0.15) is 11.3 Å². The minimum Gasteiger partial charge on any atom is -0.381 e. The maximum atomic E-state index is 10.2. The average molecular weight is 183 g/mol. The molecule has 1 saturated heterocycles. The van der Waals surface area contributed by atoms with Crippen molar-refractivity contribution in [3.63, 3.8) is 0 Å². The predicted octanol–water partition coefficient (Wildman–Crippen LogP) is -0.331. The Morgan fingerprint density at radius 3 is 3.00 bits per heavy atom. The maximum Gasteiger partial charge on any atom is 0.138 e. The van der Waals surface area contributed by atoms with E-state index in [0.29, 0.717) is 18.9 Å². The lowest BCUT2D eigenvalue weighted by molar-refractivity contribution is -0.00321. The second-order valence-corrected chi connectivity index (χ2v) is 3.62. The second-order valence-electron chi connectivity index (χ2n) is 3.62. The largest absolute Gasteiger partial charge is 0.381 e. The zero-order valence-electron chi connectivity index (χ0n) is 7.77. The highest BCUT2D eigenvalue weighted by atomic mass is 16.5. The van der Waals surface area contributed by atoms with Crippen molar-refractivity contribution in [1.29, 1.82) is 0 Å². The van der Waals surface area contributed by atoms with Crippen LogP contribution in [-0.4, -0.2) is 33.3 Å². The van der Waals surface area contributed by atoms with E-state index in [9.17, 15) is 5.11 Å². The molecule has 1 N–H and O–H groups in total. The van der Waals surface area contributed by atoms with E-state index in [4.69, 9.17) is 4.74 Å². The first-order valence-corrected chi connectivity index (χ1v) is 4.30. The van der Waals surface area contributed by atoms with E-state index in [-0.39, 0.29) is 5.92 Å². The van der Waals surface area contributed by atoms with Crippen LogP contribution in [0.5, 0.6) is 0 Å². The minimum absolute atomic E-state index is 0.0733. The third kappa shape index (κ3) is 1.24. The molecule has 1 aromatic heterocycles. The number of aliphatic hydroxyl groups is 1. The molecule has 0 aliphatic carbocycles. The third-order valence-corrected chi connectivity index (χ3v) is 2.55. The Morgan fingerprint density at radius 1 is 1.77 bits per heavy atom. The lowest BCUT2D eigenvalue weighted by Gasteiger charge is -2.22. The van der Waals surface area contributed by atoms with Crippen LogP contribution in [0, 0.1) is 5.92 Å². The molecule has 1 aromatic rings. The first-order chi connectivity index (χ1) is 6.13. The molecule has 0 aromatic carbocycles. The SMILES string of the molecule is CC1COCC1(O)c1cn(C)nn1. The first kappa shape index (κ1) is 8.65. The maximum absolute atomic E-state index is 10.2. The van der Waals surface area contributed by atoms with Crippen molar-refractivity contribution in [2.24, 2.45) is 13.0 Å². The van der Waals surface area contributed by atoms with Crippen molar-refractivity contribution < 1.29 is 9.84 Å². The molecule has 1 aliphatic rings. The van der Waals surface area contributed by atoms with Crippen LogP contribution < -0.4 is 0 Å². The van der Waals surface area contributed by atoms with Crippen molar-refractivity contribution in [3.8, 4) is 0 Å². The number of ether oxygens (including phenoxy) is 1. The zero-order chi connectivity index (χ0) is 9.47. The third-order valence-electron chi connectivity index (χ3n) is 2.55. The summed E-state index contributed by atoms with van der Waals surface area (Å²) in [5.41, 5.74) is -0.353. The van der Waals surface area contributed by atoms with Gasteiger partial charge in [-0.05, 0) is 0 Å². The Kier molecular flexibility index (Phi) is 1.85. The fraction of sp³-hybridized carbons (Fsp3) is 0.750. The van der Waals surface area contributed by atoms with E-state index in [1.54, 1.807) is 17.9 Å². The van der Waals surface area contributed by atoms with Crippen LogP contribution in [-0.2, 0) is 17.4 Å². The van der Waals surface area contributed by atoms with Crippen LogP contribution in [0.25, 0.3) is 0 Å². The monoisotopic (exact) mass is 183 g/mol. The van der Waals surface area contributed by atoms with E-state index < -0.39 is 5.60 Å². The molecule has 1 aliphatic heterocycles. The van der Waals surface area contributed by atoms with Gasteiger partial charge in [0.2, 0.25) is 0 Å². The van der Waals surface area contributed by atoms with Crippen molar-refractivity contribution in [1.82, 2.24) is 15.0 Å². The summed E-state index contributed by atoms with van der Waals surface area (Å²) in [5, 5.41) is 17.9. The van der Waals surface area contributed by atoms with E-state index in [1.165, 1.54) is 0 Å². The molecule has 0 spiro atoms. The highest BCUT2D eigenvalue weighted by Gasteiger charge is 2.43. The number of nitrogens with zero attached hydrogens (tertiary/aromatic N) is 3. The van der Waals surface area contributed by atoms with Gasteiger partial charge in [0, 0.05) is 13.0 Å². The Labute approximate surface area is 76.3 Å². The molecular weight excluding hydrogens is 170 g/mol. The molecule has 2 heterocycles. The Balaban J connectivity index is 2.33. The van der Waals surface area contributed by atoms with Crippen LogP contribution in [0.15, 0.2) is 6.20 Å². The fourth-order valence-electron chi connectivity index (χ4n) is 1.54. The molecular formula is C8H13N3O2. The molecule has 0 radical (unpaired) electrons. The second kappa shape index (κ2) is 2.78. The summed E-state index contributed by atoms with van der Waals surface area (Å²) in [5.74, 6) is 0.0733. The summed E-state index contributed by atoms with van der Waals surface area (Å²) in [4.78, 5) is 0. The summed E-state index contributed by atoms with van der Waals surface area (Å²) >= 11 is 0. The van der Waals surface area contributed by atoms with Gasteiger partial charge in [-0.25, -0.2) is 0 Å². The van der Waals surface area contributed by atoms with E-state index in [2.05, 4.69) is 10.3 Å².